The van der Waals surface area contributed by atoms with Crippen LogP contribution in [0.15, 0.2) is 52.5 Å². The SMILES string of the molecule is Cc1ccc([NH+]=Nc2ccc(N)c(S(=O)(=O)O)c2)cc1. The highest BCUT2D eigenvalue weighted by atomic mass is 32.2. The number of hydrogen-bond acceptors (Lipinski definition) is 4. The lowest BCUT2D eigenvalue weighted by molar-refractivity contribution is -0.433. The summed E-state index contributed by atoms with van der Waals surface area (Å²) in [5, 5.41) is 6.83. The fraction of sp³-hybridized carbons (Fsp3) is 0.0769. The molecule has 6 nitrogen and oxygen atoms in total. The first-order valence-corrected chi connectivity index (χ1v) is 7.21. The van der Waals surface area contributed by atoms with E-state index in [1.54, 1.807) is 6.07 Å². The van der Waals surface area contributed by atoms with Crippen LogP contribution in [0, 0.1) is 6.92 Å². The summed E-state index contributed by atoms with van der Waals surface area (Å²) in [5.41, 5.74) is 7.70. The van der Waals surface area contributed by atoms with E-state index in [1.807, 2.05) is 31.2 Å². The third-order valence-corrected chi connectivity index (χ3v) is 3.55. The molecule has 0 aliphatic carbocycles. The molecule has 4 N–H and O–H groups in total. The lowest BCUT2D eigenvalue weighted by atomic mass is 10.2. The average molecular weight is 292 g/mol. The summed E-state index contributed by atoms with van der Waals surface area (Å²) in [4.78, 5) is -0.357. The van der Waals surface area contributed by atoms with E-state index in [2.05, 4.69) is 10.2 Å². The van der Waals surface area contributed by atoms with Crippen LogP contribution < -0.4 is 10.8 Å². The van der Waals surface area contributed by atoms with Crippen molar-refractivity contribution in [2.24, 2.45) is 5.11 Å². The smallest absolute Gasteiger partial charge is 0.296 e. The van der Waals surface area contributed by atoms with Gasteiger partial charge in [-0.25, -0.2) is 0 Å². The van der Waals surface area contributed by atoms with Gasteiger partial charge >= 0.3 is 0 Å². The molecule has 104 valence electrons. The summed E-state index contributed by atoms with van der Waals surface area (Å²) < 4.78 is 31.3. The van der Waals surface area contributed by atoms with Crippen molar-refractivity contribution < 1.29 is 18.1 Å². The Morgan fingerprint density at radius 1 is 1.15 bits per heavy atom. The molecule has 2 aromatic carbocycles. The molecule has 0 unspecified atom stereocenters. The van der Waals surface area contributed by atoms with Crippen molar-refractivity contribution in [3.8, 4) is 0 Å². The summed E-state index contributed by atoms with van der Waals surface area (Å²) in [6.45, 7) is 1.97. The second-order valence-electron chi connectivity index (χ2n) is 4.29. The van der Waals surface area contributed by atoms with E-state index in [0.29, 0.717) is 5.69 Å². The van der Waals surface area contributed by atoms with Gasteiger partial charge in [0.05, 0.1) is 5.69 Å². The number of hydrogen-bond donors (Lipinski definition) is 3. The number of nitrogens with zero attached hydrogens (tertiary/aromatic N) is 1. The van der Waals surface area contributed by atoms with Gasteiger partial charge in [-0.3, -0.25) is 4.55 Å². The standard InChI is InChI=1S/C13H13N3O3S/c1-9-2-4-10(5-3-9)15-16-11-6-7-12(14)13(8-11)20(17,18)19/h2-8H,14H2,1H3,(H,17,18,19)/p+1. The minimum Gasteiger partial charge on any atom is -0.398 e. The number of nitrogens with two attached hydrogens (primary N) is 1. The number of anilines is 1. The van der Waals surface area contributed by atoms with E-state index < -0.39 is 10.1 Å². The Labute approximate surface area is 116 Å². The molecule has 0 atom stereocenters. The van der Waals surface area contributed by atoms with E-state index in [9.17, 15) is 8.42 Å². The largest absolute Gasteiger partial charge is 0.398 e. The summed E-state index contributed by atoms with van der Waals surface area (Å²) >= 11 is 0. The number of azo groups is 1. The molecule has 0 saturated carbocycles. The summed E-state index contributed by atoms with van der Waals surface area (Å²) in [6.07, 6.45) is 0. The molecule has 0 aliphatic heterocycles. The van der Waals surface area contributed by atoms with Gasteiger partial charge in [-0.1, -0.05) is 22.8 Å². The van der Waals surface area contributed by atoms with Crippen LogP contribution in [0.2, 0.25) is 0 Å². The van der Waals surface area contributed by atoms with Gasteiger partial charge in [-0.05, 0) is 30.2 Å². The number of aryl methyl sites for hydroxylation is 1. The van der Waals surface area contributed by atoms with Gasteiger partial charge in [0, 0.05) is 12.1 Å². The second kappa shape index (κ2) is 5.40. The van der Waals surface area contributed by atoms with Crippen LogP contribution in [0.3, 0.4) is 0 Å². The van der Waals surface area contributed by atoms with E-state index in [1.165, 1.54) is 12.1 Å². The zero-order valence-electron chi connectivity index (χ0n) is 10.7. The van der Waals surface area contributed by atoms with Crippen molar-refractivity contribution >= 4 is 27.2 Å². The molecule has 0 bridgehead atoms. The molecule has 0 heterocycles. The van der Waals surface area contributed by atoms with Gasteiger partial charge in [0.2, 0.25) is 5.69 Å². The quantitative estimate of drug-likeness (QED) is 0.450. The molecule has 0 fully saturated rings. The Balaban J connectivity index is 2.33. The van der Waals surface area contributed by atoms with E-state index in [0.717, 1.165) is 11.3 Å². The van der Waals surface area contributed by atoms with Crippen LogP contribution in [-0.2, 0) is 10.1 Å². The van der Waals surface area contributed by atoms with E-state index in [-0.39, 0.29) is 10.6 Å². The van der Waals surface area contributed by atoms with Crippen molar-refractivity contribution in [2.75, 3.05) is 5.73 Å². The van der Waals surface area contributed by atoms with Crippen LogP contribution in [0.1, 0.15) is 5.56 Å². The lowest BCUT2D eigenvalue weighted by Gasteiger charge is -2.01. The molecule has 2 rings (SSSR count). The van der Waals surface area contributed by atoms with Gasteiger partial charge in [-0.2, -0.15) is 8.42 Å². The Morgan fingerprint density at radius 2 is 1.80 bits per heavy atom. The Morgan fingerprint density at radius 3 is 2.40 bits per heavy atom. The molecule has 20 heavy (non-hydrogen) atoms. The Hall–Kier alpha value is -2.25. The fourth-order valence-electron chi connectivity index (χ4n) is 1.57. The highest BCUT2D eigenvalue weighted by Gasteiger charge is 2.15. The molecule has 7 heteroatoms. The predicted octanol–water partition coefficient (Wildman–Crippen LogP) is 1.32. The van der Waals surface area contributed by atoms with Gasteiger partial charge in [-0.15, -0.1) is 0 Å². The van der Waals surface area contributed by atoms with Gasteiger partial charge in [0.1, 0.15) is 10.6 Å². The van der Waals surface area contributed by atoms with Crippen LogP contribution in [-0.4, -0.2) is 13.0 Å². The van der Waals surface area contributed by atoms with Gasteiger partial charge in [0.25, 0.3) is 10.1 Å². The third-order valence-electron chi connectivity index (χ3n) is 2.64. The van der Waals surface area contributed by atoms with Crippen LogP contribution >= 0.6 is 0 Å². The average Bonchev–Trinajstić information content (AvgIpc) is 2.38. The molecular formula is C13H14N3O3S+. The lowest BCUT2D eigenvalue weighted by Crippen LogP contribution is -2.57. The number of rotatable bonds is 3. The maximum atomic E-state index is 11.1. The zero-order valence-corrected chi connectivity index (χ0v) is 11.6. The summed E-state index contributed by atoms with van der Waals surface area (Å²) in [6, 6.07) is 11.7. The zero-order chi connectivity index (χ0) is 14.8. The Bertz CT molecular complexity index is 753. The monoisotopic (exact) mass is 292 g/mol. The topological polar surface area (TPSA) is 107 Å². The summed E-state index contributed by atoms with van der Waals surface area (Å²) in [5.74, 6) is 0. The van der Waals surface area contributed by atoms with Crippen molar-refractivity contribution in [2.45, 2.75) is 11.8 Å². The molecule has 0 aliphatic rings. The number of nitrogen functional groups attached to an aromatic ring is 1. The summed E-state index contributed by atoms with van der Waals surface area (Å²) in [7, 11) is -4.36. The molecule has 0 radical (unpaired) electrons. The first-order valence-electron chi connectivity index (χ1n) is 5.77. The fourth-order valence-corrected chi connectivity index (χ4v) is 2.21. The highest BCUT2D eigenvalue weighted by molar-refractivity contribution is 7.86. The van der Waals surface area contributed by atoms with Gasteiger partial charge in [0.15, 0.2) is 0 Å². The van der Waals surface area contributed by atoms with E-state index >= 15 is 0 Å². The first kappa shape index (κ1) is 14.2. The molecule has 0 saturated heterocycles. The molecule has 0 spiro atoms. The minimum absolute atomic E-state index is 0.0261. The van der Waals surface area contributed by atoms with Crippen LogP contribution in [0.25, 0.3) is 0 Å². The van der Waals surface area contributed by atoms with E-state index in [4.69, 9.17) is 10.3 Å². The highest BCUT2D eigenvalue weighted by Crippen LogP contribution is 2.23. The number of benzene rings is 2. The minimum atomic E-state index is -4.36. The van der Waals surface area contributed by atoms with Gasteiger partial charge < -0.3 is 5.73 Å². The van der Waals surface area contributed by atoms with Crippen molar-refractivity contribution in [3.63, 3.8) is 0 Å². The van der Waals surface area contributed by atoms with Crippen molar-refractivity contribution in [1.29, 1.82) is 0 Å². The number of nitrogens with one attached hydrogen (secondary N) is 1. The molecule has 0 amide bonds. The van der Waals surface area contributed by atoms with Crippen molar-refractivity contribution in [3.05, 3.63) is 48.0 Å². The molecule has 2 aromatic rings. The van der Waals surface area contributed by atoms with Crippen molar-refractivity contribution in [1.82, 2.24) is 0 Å². The first-order chi connectivity index (χ1) is 9.36. The van der Waals surface area contributed by atoms with Crippen LogP contribution in [0.5, 0.6) is 0 Å². The predicted molar refractivity (Wildman–Crippen MR) is 74.6 cm³/mol. The Kier molecular flexibility index (Phi) is 3.82. The second-order valence-corrected chi connectivity index (χ2v) is 5.68. The van der Waals surface area contributed by atoms with Crippen LogP contribution in [0.4, 0.5) is 17.1 Å². The molecule has 0 aromatic heterocycles. The maximum absolute atomic E-state index is 11.1. The molecular weight excluding hydrogens is 278 g/mol. The maximum Gasteiger partial charge on any atom is 0.296 e. The third kappa shape index (κ3) is 3.40. The normalized spacial score (nSPS) is 11.9.